The van der Waals surface area contributed by atoms with Gasteiger partial charge in [0.1, 0.15) is 24.7 Å². The summed E-state index contributed by atoms with van der Waals surface area (Å²) < 4.78 is 31.7. The molecule has 0 spiro atoms. The lowest BCUT2D eigenvalue weighted by Gasteiger charge is -2.20. The van der Waals surface area contributed by atoms with Gasteiger partial charge in [-0.15, -0.1) is 0 Å². The predicted molar refractivity (Wildman–Crippen MR) is 162 cm³/mol. The van der Waals surface area contributed by atoms with Crippen molar-refractivity contribution in [3.05, 3.63) is 29.2 Å². The fourth-order valence-corrected chi connectivity index (χ4v) is 7.11. The fourth-order valence-electron chi connectivity index (χ4n) is 5.60. The van der Waals surface area contributed by atoms with E-state index in [1.165, 1.54) is 23.7 Å². The molecule has 0 amide bonds. The number of anilines is 1. The second kappa shape index (κ2) is 10.4. The van der Waals surface area contributed by atoms with E-state index in [4.69, 9.17) is 19.6 Å². The molecule has 1 aromatic carbocycles. The summed E-state index contributed by atoms with van der Waals surface area (Å²) in [6.07, 6.45) is 3.23. The van der Waals surface area contributed by atoms with E-state index in [1.807, 2.05) is 10.6 Å². The molecule has 2 aromatic heterocycles. The molecule has 2 aliphatic rings. The van der Waals surface area contributed by atoms with Crippen LogP contribution in [0.2, 0.25) is 51.4 Å². The average Bonchev–Trinajstić information content (AvgIpc) is 3.19. The van der Waals surface area contributed by atoms with E-state index in [1.54, 1.807) is 7.05 Å². The van der Waals surface area contributed by atoms with Gasteiger partial charge in [0.25, 0.3) is 0 Å². The zero-order chi connectivity index (χ0) is 28.2. The van der Waals surface area contributed by atoms with Crippen LogP contribution in [0.1, 0.15) is 24.6 Å². The van der Waals surface area contributed by atoms with Crippen LogP contribution in [0.15, 0.2) is 12.1 Å². The molecule has 0 unspecified atom stereocenters. The van der Waals surface area contributed by atoms with Gasteiger partial charge in [-0.1, -0.05) is 46.2 Å². The van der Waals surface area contributed by atoms with Crippen LogP contribution in [-0.2, 0) is 35.8 Å². The fraction of sp³-hybridized carbons (Fsp3) is 0.655. The van der Waals surface area contributed by atoms with Gasteiger partial charge in [0, 0.05) is 53.4 Å². The first kappa shape index (κ1) is 28.5. The number of nitrogens with zero attached hydrogens (tertiary/aromatic N) is 4. The van der Waals surface area contributed by atoms with E-state index in [9.17, 15) is 0 Å². The smallest absolute Gasteiger partial charge is 0.164 e. The third-order valence-corrected chi connectivity index (χ3v) is 11.9. The van der Waals surface area contributed by atoms with Crippen molar-refractivity contribution in [2.45, 2.75) is 91.0 Å². The maximum Gasteiger partial charge on any atom is 0.164 e. The number of aromatic nitrogens is 4. The first-order chi connectivity index (χ1) is 18.3. The van der Waals surface area contributed by atoms with Crippen LogP contribution >= 0.6 is 0 Å². The maximum atomic E-state index is 15.3. The first-order valence-electron chi connectivity index (χ1n) is 14.4. The Bertz CT molecular complexity index is 1360. The molecular formula is C29H46FN5O2Si2. The van der Waals surface area contributed by atoms with Crippen molar-refractivity contribution >= 4 is 32.9 Å². The second-order valence-corrected chi connectivity index (χ2v) is 25.6. The Hall–Kier alpha value is -2.02. The van der Waals surface area contributed by atoms with Crippen LogP contribution in [-0.4, -0.2) is 55.7 Å². The summed E-state index contributed by atoms with van der Waals surface area (Å²) in [6, 6.07) is 5.66. The van der Waals surface area contributed by atoms with Gasteiger partial charge in [0.15, 0.2) is 11.6 Å². The average molecular weight is 572 g/mol. The maximum absolute atomic E-state index is 15.3. The summed E-state index contributed by atoms with van der Waals surface area (Å²) >= 11 is 0. The third kappa shape index (κ3) is 6.18. The van der Waals surface area contributed by atoms with Gasteiger partial charge >= 0.3 is 0 Å². The van der Waals surface area contributed by atoms with Crippen molar-refractivity contribution in [3.8, 4) is 11.5 Å². The minimum atomic E-state index is -1.24. The molecule has 2 heterocycles. The molecule has 0 radical (unpaired) electrons. The van der Waals surface area contributed by atoms with Gasteiger partial charge in [-0.3, -0.25) is 4.57 Å². The van der Waals surface area contributed by atoms with Crippen molar-refractivity contribution in [2.75, 3.05) is 25.6 Å². The molecule has 0 aliphatic heterocycles. The van der Waals surface area contributed by atoms with Crippen molar-refractivity contribution in [2.24, 2.45) is 11.3 Å². The van der Waals surface area contributed by atoms with E-state index in [0.717, 1.165) is 42.7 Å². The number of hydrogen-bond donors (Lipinski definition) is 1. The molecule has 39 heavy (non-hydrogen) atoms. The number of rotatable bonds is 12. The molecule has 214 valence electrons. The number of fused-ring (bicyclic) bond motifs is 3. The summed E-state index contributed by atoms with van der Waals surface area (Å²) in [5, 5.41) is 8.19. The van der Waals surface area contributed by atoms with Gasteiger partial charge in [-0.05, 0) is 54.8 Å². The van der Waals surface area contributed by atoms with Crippen LogP contribution in [0.5, 0.6) is 0 Å². The Morgan fingerprint density at radius 3 is 2.36 bits per heavy atom. The Kier molecular flexibility index (Phi) is 7.62. The number of nitrogens with one attached hydrogen (secondary N) is 1. The van der Waals surface area contributed by atoms with Crippen LogP contribution in [0.3, 0.4) is 0 Å². The number of imidazole rings is 1. The molecule has 1 saturated carbocycles. The normalized spacial score (nSPS) is 20.8. The number of ether oxygens (including phenoxy) is 2. The van der Waals surface area contributed by atoms with Crippen LogP contribution in [0.25, 0.3) is 22.6 Å². The highest BCUT2D eigenvalue weighted by atomic mass is 28.3. The summed E-state index contributed by atoms with van der Waals surface area (Å²) in [7, 11) is -0.606. The number of halogens is 1. The first-order valence-corrected chi connectivity index (χ1v) is 21.8. The number of benzene rings is 1. The lowest BCUT2D eigenvalue weighted by atomic mass is 9.87. The van der Waals surface area contributed by atoms with E-state index in [-0.39, 0.29) is 5.82 Å². The summed E-state index contributed by atoms with van der Waals surface area (Å²) in [5.74, 6) is 1.02. The summed E-state index contributed by atoms with van der Waals surface area (Å²) in [4.78, 5) is 4.87. The Labute approximate surface area is 234 Å². The van der Waals surface area contributed by atoms with Gasteiger partial charge in [-0.2, -0.15) is 5.10 Å². The van der Waals surface area contributed by atoms with Crippen LogP contribution < -0.4 is 5.32 Å². The quantitative estimate of drug-likeness (QED) is 0.191. The molecule has 7 nitrogen and oxygen atoms in total. The second-order valence-electron chi connectivity index (χ2n) is 14.3. The van der Waals surface area contributed by atoms with Crippen LogP contribution in [0, 0.1) is 17.2 Å². The van der Waals surface area contributed by atoms with Crippen LogP contribution in [0.4, 0.5) is 10.1 Å². The Morgan fingerprint density at radius 1 is 1.05 bits per heavy atom. The highest BCUT2D eigenvalue weighted by Crippen LogP contribution is 2.60. The van der Waals surface area contributed by atoms with E-state index < -0.39 is 16.1 Å². The third-order valence-electron chi connectivity index (χ3n) is 8.46. The minimum Gasteiger partial charge on any atom is -0.388 e. The molecule has 1 fully saturated rings. The lowest BCUT2D eigenvalue weighted by molar-refractivity contribution is 0.0756. The SMILES string of the molecule is CNc1cc(F)c2nc(-c3nn(COCC[Si](C)(C)C)c4c3C[C@@H]3C[C@]3(C)C4)n(COCC[Si](C)(C)C)c2c1. The molecule has 2 atom stereocenters. The van der Waals surface area contributed by atoms with Gasteiger partial charge in [0.2, 0.25) is 0 Å². The zero-order valence-corrected chi connectivity index (χ0v) is 27.1. The lowest BCUT2D eigenvalue weighted by Crippen LogP contribution is -2.23. The molecule has 10 heteroatoms. The summed E-state index contributed by atoms with van der Waals surface area (Å²) in [6.45, 7) is 18.7. The van der Waals surface area contributed by atoms with E-state index in [0.29, 0.717) is 48.4 Å². The number of hydrogen-bond acceptors (Lipinski definition) is 5. The van der Waals surface area contributed by atoms with Crippen molar-refractivity contribution in [1.29, 1.82) is 0 Å². The van der Waals surface area contributed by atoms with Gasteiger partial charge < -0.3 is 14.8 Å². The Balaban J connectivity index is 1.53. The molecule has 0 saturated heterocycles. The monoisotopic (exact) mass is 571 g/mol. The van der Waals surface area contributed by atoms with E-state index >= 15 is 4.39 Å². The van der Waals surface area contributed by atoms with Gasteiger partial charge in [0.05, 0.1) is 5.52 Å². The standard InChI is InChI=1S/C29H46FN5O2Si2/c1-29-16-20(29)13-22-25(17-29)35(19-37-10-12-39(6,7)8)33-26(22)28-32-27-23(30)14-21(31-2)15-24(27)34(28)18-36-9-11-38(3,4)5/h14-15,20,31H,9-13,16-19H2,1-8H3/t20-,29-/m1/s1. The Morgan fingerprint density at radius 2 is 1.72 bits per heavy atom. The summed E-state index contributed by atoms with van der Waals surface area (Å²) in [5.41, 5.74) is 5.51. The topological polar surface area (TPSA) is 66.1 Å². The molecule has 1 N–H and O–H groups in total. The van der Waals surface area contributed by atoms with Gasteiger partial charge in [-0.25, -0.2) is 14.1 Å². The highest BCUT2D eigenvalue weighted by molar-refractivity contribution is 6.76. The zero-order valence-electron chi connectivity index (χ0n) is 25.1. The minimum absolute atomic E-state index is 0.318. The molecule has 2 aliphatic carbocycles. The highest BCUT2D eigenvalue weighted by Gasteiger charge is 2.54. The predicted octanol–water partition coefficient (Wildman–Crippen LogP) is 6.83. The molecule has 3 aromatic rings. The molecule has 5 rings (SSSR count). The van der Waals surface area contributed by atoms with E-state index in [2.05, 4.69) is 56.2 Å². The van der Waals surface area contributed by atoms with Crippen molar-refractivity contribution < 1.29 is 13.9 Å². The molecular weight excluding hydrogens is 526 g/mol. The molecule has 0 bridgehead atoms. The van der Waals surface area contributed by atoms with Crippen molar-refractivity contribution in [1.82, 2.24) is 19.3 Å². The largest absolute Gasteiger partial charge is 0.388 e. The van der Waals surface area contributed by atoms with Crippen molar-refractivity contribution in [3.63, 3.8) is 0 Å².